The van der Waals surface area contributed by atoms with Gasteiger partial charge in [0.1, 0.15) is 11.7 Å². The molecule has 4 aromatic heterocycles. The summed E-state index contributed by atoms with van der Waals surface area (Å²) < 4.78 is 32.9. The van der Waals surface area contributed by atoms with Gasteiger partial charge in [-0.1, -0.05) is 65.4 Å². The topological polar surface area (TPSA) is 144 Å². The molecule has 5 rings (SSSR count). The van der Waals surface area contributed by atoms with Crippen LogP contribution >= 0.6 is 0 Å². The fraction of sp³-hybridized carbons (Fsp3) is 0.514. The van der Waals surface area contributed by atoms with Crippen LogP contribution in [0, 0.1) is 11.8 Å². The fourth-order valence-corrected chi connectivity index (χ4v) is 6.50. The average molecular weight is 689 g/mol. The van der Waals surface area contributed by atoms with Gasteiger partial charge in [-0.15, -0.1) is 10.2 Å². The lowest BCUT2D eigenvalue weighted by atomic mass is 9.83. The van der Waals surface area contributed by atoms with E-state index in [0.29, 0.717) is 35.4 Å². The minimum Gasteiger partial charge on any atom is -0.350 e. The molecule has 266 valence electrons. The van der Waals surface area contributed by atoms with Gasteiger partial charge in [0.25, 0.3) is 5.91 Å². The minimum absolute atomic E-state index is 0.00928. The first-order valence-electron chi connectivity index (χ1n) is 17.6. The van der Waals surface area contributed by atoms with Gasteiger partial charge in [0.2, 0.25) is 11.7 Å². The third kappa shape index (κ3) is 8.91. The zero-order valence-electron chi connectivity index (χ0n) is 28.9. The standard InChI is InChI=1S/C37H46F2N8O3/c1-4-10-29-34-46-45-33(47(34)23-31(43-29)27-14-9-17-41-22-27)28(19-26-13-8-16-40-21-26)35(49)44-30(20-25-11-6-5-7-12-25)32(48)37(38,39)36(50)42-18-15-24(2)3/h8-9,13-14,16-17,21-25,28,30H,4-7,10-12,15,18-20H2,1-3H3,(H,42,50)(H,44,49). The van der Waals surface area contributed by atoms with Crippen LogP contribution in [0.1, 0.15) is 95.1 Å². The number of hydrogen-bond donors (Lipinski definition) is 2. The summed E-state index contributed by atoms with van der Waals surface area (Å²) in [5.41, 5.74) is 3.21. The predicted octanol–water partition coefficient (Wildman–Crippen LogP) is 5.68. The molecule has 2 amide bonds. The molecule has 0 radical (unpaired) electrons. The normalized spacial score (nSPS) is 15.2. The van der Waals surface area contributed by atoms with Crippen molar-refractivity contribution in [2.75, 3.05) is 6.54 Å². The molecule has 1 aliphatic rings. The van der Waals surface area contributed by atoms with E-state index in [9.17, 15) is 14.4 Å². The summed E-state index contributed by atoms with van der Waals surface area (Å²) >= 11 is 0. The summed E-state index contributed by atoms with van der Waals surface area (Å²) in [5.74, 6) is -8.94. The molecule has 0 saturated heterocycles. The highest BCUT2D eigenvalue weighted by atomic mass is 19.3. The fourth-order valence-electron chi connectivity index (χ4n) is 6.50. The van der Waals surface area contributed by atoms with Crippen molar-refractivity contribution in [1.82, 2.24) is 40.2 Å². The van der Waals surface area contributed by atoms with E-state index in [1.54, 1.807) is 47.5 Å². The number of hydrogen-bond acceptors (Lipinski definition) is 8. The average Bonchev–Trinajstić information content (AvgIpc) is 3.55. The number of ketones is 1. The van der Waals surface area contributed by atoms with E-state index >= 15 is 8.78 Å². The summed E-state index contributed by atoms with van der Waals surface area (Å²) in [6.07, 6.45) is 14.7. The van der Waals surface area contributed by atoms with Gasteiger partial charge in [-0.3, -0.25) is 28.8 Å². The van der Waals surface area contributed by atoms with Crippen LogP contribution in [0.15, 0.2) is 55.2 Å². The van der Waals surface area contributed by atoms with Crippen LogP contribution < -0.4 is 10.6 Å². The molecule has 0 aromatic carbocycles. The summed E-state index contributed by atoms with van der Waals surface area (Å²) in [5, 5.41) is 13.8. The van der Waals surface area contributed by atoms with Crippen LogP contribution in [0.5, 0.6) is 0 Å². The largest absolute Gasteiger partial charge is 0.383 e. The summed E-state index contributed by atoms with van der Waals surface area (Å²) in [6, 6.07) is 5.64. The van der Waals surface area contributed by atoms with Crippen LogP contribution in [0.4, 0.5) is 8.78 Å². The van der Waals surface area contributed by atoms with Crippen molar-refractivity contribution in [3.8, 4) is 11.3 Å². The number of carbonyl (C=O) groups excluding carboxylic acids is 3. The molecule has 4 heterocycles. The van der Waals surface area contributed by atoms with Gasteiger partial charge in [0.05, 0.1) is 17.4 Å². The quantitative estimate of drug-likeness (QED) is 0.143. The number of nitrogens with zero attached hydrogens (tertiary/aromatic N) is 6. The first kappa shape index (κ1) is 36.6. The molecule has 2 atom stereocenters. The van der Waals surface area contributed by atoms with Crippen molar-refractivity contribution in [2.24, 2.45) is 11.8 Å². The van der Waals surface area contributed by atoms with Crippen molar-refractivity contribution in [2.45, 2.75) is 103 Å². The second-order valence-corrected chi connectivity index (χ2v) is 13.6. The van der Waals surface area contributed by atoms with Gasteiger partial charge >= 0.3 is 5.92 Å². The Labute approximate surface area is 291 Å². The Hall–Kier alpha value is -4.68. The Morgan fingerprint density at radius 2 is 1.76 bits per heavy atom. The lowest BCUT2D eigenvalue weighted by molar-refractivity contribution is -0.160. The molecule has 2 unspecified atom stereocenters. The lowest BCUT2D eigenvalue weighted by Crippen LogP contribution is -2.56. The second-order valence-electron chi connectivity index (χ2n) is 13.6. The summed E-state index contributed by atoms with van der Waals surface area (Å²) in [4.78, 5) is 54.0. The number of alkyl halides is 2. The van der Waals surface area contributed by atoms with Crippen LogP contribution in [0.25, 0.3) is 16.9 Å². The molecule has 0 spiro atoms. The molecule has 50 heavy (non-hydrogen) atoms. The Kier molecular flexibility index (Phi) is 12.3. The van der Waals surface area contributed by atoms with Gasteiger partial charge in [0.15, 0.2) is 5.65 Å². The number of pyridine rings is 2. The molecule has 1 aliphatic carbocycles. The number of rotatable bonds is 16. The minimum atomic E-state index is -4.33. The van der Waals surface area contributed by atoms with Gasteiger partial charge in [-0.25, -0.2) is 4.98 Å². The van der Waals surface area contributed by atoms with E-state index < -0.39 is 35.5 Å². The maximum atomic E-state index is 15.6. The molecule has 13 heteroatoms. The smallest absolute Gasteiger partial charge is 0.350 e. The van der Waals surface area contributed by atoms with Crippen LogP contribution in [-0.2, 0) is 27.2 Å². The highest BCUT2D eigenvalue weighted by molar-refractivity contribution is 6.10. The van der Waals surface area contributed by atoms with E-state index in [0.717, 1.165) is 44.1 Å². The van der Waals surface area contributed by atoms with Crippen LogP contribution in [0.2, 0.25) is 0 Å². The monoisotopic (exact) mass is 688 g/mol. The number of aromatic nitrogens is 6. The SMILES string of the molecule is CCCc1nc(-c2cccnc2)cn2c(C(Cc3cccnc3)C(=O)NC(CC3CCCCC3)C(=O)C(F)(F)C(=O)NCCC(C)C)nnc12. The number of fused-ring (bicyclic) bond motifs is 1. The number of aryl methyl sites for hydroxylation is 1. The van der Waals surface area contributed by atoms with E-state index in [2.05, 4.69) is 30.8 Å². The number of carbonyl (C=O) groups is 3. The third-order valence-electron chi connectivity index (χ3n) is 9.25. The highest BCUT2D eigenvalue weighted by Gasteiger charge is 2.51. The van der Waals surface area contributed by atoms with Crippen LogP contribution in [0.3, 0.4) is 0 Å². The van der Waals surface area contributed by atoms with Gasteiger partial charge in [0, 0.05) is 43.1 Å². The van der Waals surface area contributed by atoms with Gasteiger partial charge in [-0.2, -0.15) is 8.78 Å². The number of halogens is 2. The molecule has 1 saturated carbocycles. The van der Waals surface area contributed by atoms with E-state index in [-0.39, 0.29) is 37.0 Å². The molecular weight excluding hydrogens is 642 g/mol. The lowest BCUT2D eigenvalue weighted by Gasteiger charge is -2.29. The van der Waals surface area contributed by atoms with Crippen molar-refractivity contribution in [1.29, 1.82) is 0 Å². The van der Waals surface area contributed by atoms with Crippen molar-refractivity contribution < 1.29 is 23.2 Å². The maximum Gasteiger partial charge on any atom is 0.383 e. The van der Waals surface area contributed by atoms with E-state index in [4.69, 9.17) is 4.98 Å². The first-order chi connectivity index (χ1) is 24.1. The molecule has 0 aliphatic heterocycles. The molecule has 0 bridgehead atoms. The van der Waals surface area contributed by atoms with E-state index in [1.807, 2.05) is 32.9 Å². The third-order valence-corrected chi connectivity index (χ3v) is 9.25. The Balaban J connectivity index is 1.52. The van der Waals surface area contributed by atoms with Gasteiger partial charge in [-0.05, 0) is 61.3 Å². The number of nitrogens with one attached hydrogen (secondary N) is 2. The highest BCUT2D eigenvalue weighted by Crippen LogP contribution is 2.31. The van der Waals surface area contributed by atoms with Crippen LogP contribution in [-0.4, -0.2) is 65.7 Å². The first-order valence-corrected chi connectivity index (χ1v) is 17.6. The number of amides is 2. The summed E-state index contributed by atoms with van der Waals surface area (Å²) in [6.45, 7) is 5.86. The zero-order chi connectivity index (χ0) is 35.7. The Morgan fingerprint density at radius 3 is 2.42 bits per heavy atom. The molecule has 1 fully saturated rings. The van der Waals surface area contributed by atoms with Gasteiger partial charge < -0.3 is 10.6 Å². The zero-order valence-corrected chi connectivity index (χ0v) is 28.9. The van der Waals surface area contributed by atoms with Crippen molar-refractivity contribution in [3.63, 3.8) is 0 Å². The predicted molar refractivity (Wildman–Crippen MR) is 184 cm³/mol. The summed E-state index contributed by atoms with van der Waals surface area (Å²) in [7, 11) is 0. The molecular formula is C37H46F2N8O3. The number of Topliss-reactive ketones (excluding diaryl/α,β-unsaturated/α-hetero) is 1. The van der Waals surface area contributed by atoms with Crippen molar-refractivity contribution >= 4 is 23.2 Å². The maximum absolute atomic E-state index is 15.6. The molecule has 4 aromatic rings. The Bertz CT molecular complexity index is 1740. The molecule has 11 nitrogen and oxygen atoms in total. The van der Waals surface area contributed by atoms with E-state index in [1.165, 1.54) is 0 Å². The second kappa shape index (κ2) is 16.8. The molecule has 2 N–H and O–H groups in total. The Morgan fingerprint density at radius 1 is 1.02 bits per heavy atom. The van der Waals surface area contributed by atoms with Crippen molar-refractivity contribution in [3.05, 3.63) is 72.3 Å².